The summed E-state index contributed by atoms with van der Waals surface area (Å²) in [7, 11) is 0. The molecule has 6 rings (SSSR count). The lowest BCUT2D eigenvalue weighted by Crippen LogP contribution is -2.46. The van der Waals surface area contributed by atoms with E-state index < -0.39 is 0 Å². The number of benzene rings is 2. The van der Waals surface area contributed by atoms with E-state index in [1.165, 1.54) is 24.3 Å². The van der Waals surface area contributed by atoms with Gasteiger partial charge in [-0.05, 0) is 29.8 Å². The number of nitrogens with zero attached hydrogens (tertiary/aromatic N) is 5. The number of hydrogen-bond acceptors (Lipinski definition) is 9. The van der Waals surface area contributed by atoms with E-state index in [-0.39, 0.29) is 11.1 Å². The van der Waals surface area contributed by atoms with Gasteiger partial charge in [0.1, 0.15) is 17.9 Å². The number of H-pyrrole nitrogens is 2. The molecule has 4 aromatic rings. The Morgan fingerprint density at radius 3 is 1.79 bits per heavy atom. The molecule has 43 heavy (non-hydrogen) atoms. The van der Waals surface area contributed by atoms with Crippen molar-refractivity contribution in [3.8, 4) is 0 Å². The fourth-order valence-electron chi connectivity index (χ4n) is 4.56. The van der Waals surface area contributed by atoms with Crippen LogP contribution in [0.5, 0.6) is 0 Å². The number of carbonyl (C=O) groups excluding carboxylic acids is 1. The van der Waals surface area contributed by atoms with Gasteiger partial charge in [-0.3, -0.25) is 19.3 Å². The summed E-state index contributed by atoms with van der Waals surface area (Å²) < 4.78 is 2.05. The van der Waals surface area contributed by atoms with Gasteiger partial charge in [0.05, 0.1) is 12.7 Å². The van der Waals surface area contributed by atoms with Crippen molar-refractivity contribution in [2.45, 2.75) is 6.54 Å². The molecule has 3 N–H and O–H groups in total. The van der Waals surface area contributed by atoms with Crippen LogP contribution < -0.4 is 26.2 Å². The van der Waals surface area contributed by atoms with Crippen molar-refractivity contribution in [2.75, 3.05) is 62.2 Å². The lowest BCUT2D eigenvalue weighted by atomic mass is 10.2. The number of anilines is 2. The van der Waals surface area contributed by atoms with Gasteiger partial charge in [-0.1, -0.05) is 56.1 Å². The maximum atomic E-state index is 11.3. The average molecular weight is 714 g/mol. The summed E-state index contributed by atoms with van der Waals surface area (Å²) in [5.74, 6) is 1.53. The maximum Gasteiger partial charge on any atom is 0.252 e. The van der Waals surface area contributed by atoms with Gasteiger partial charge in [0.2, 0.25) is 0 Å². The van der Waals surface area contributed by atoms with E-state index in [0.29, 0.717) is 5.56 Å². The molecular weight excluding hydrogens is 680 g/mol. The Balaban J connectivity index is 0.000000163. The summed E-state index contributed by atoms with van der Waals surface area (Å²) in [4.78, 5) is 52.5. The Morgan fingerprint density at radius 2 is 1.28 bits per heavy atom. The maximum absolute atomic E-state index is 11.3. The van der Waals surface area contributed by atoms with Crippen LogP contribution in [0.4, 0.5) is 11.6 Å². The minimum Gasteiger partial charge on any atom is -0.354 e. The third-order valence-corrected chi connectivity index (χ3v) is 7.73. The third-order valence-electron chi connectivity index (χ3n) is 6.74. The molecule has 0 amide bonds. The van der Waals surface area contributed by atoms with Crippen molar-refractivity contribution in [3.05, 3.63) is 114 Å². The van der Waals surface area contributed by atoms with Crippen LogP contribution in [0.1, 0.15) is 15.9 Å². The Morgan fingerprint density at radius 1 is 0.721 bits per heavy atom. The molecule has 0 aliphatic carbocycles. The quantitative estimate of drug-likeness (QED) is 0.267. The zero-order chi connectivity index (χ0) is 30.4. The minimum absolute atomic E-state index is 0.0940. The molecule has 2 aromatic carbocycles. The first kappa shape index (κ1) is 32.3. The third kappa shape index (κ3) is 10.8. The topological polar surface area (TPSA) is 130 Å². The van der Waals surface area contributed by atoms with Crippen molar-refractivity contribution >= 4 is 49.8 Å². The zero-order valence-electron chi connectivity index (χ0n) is 23.6. The Kier molecular flexibility index (Phi) is 12.6. The van der Waals surface area contributed by atoms with E-state index in [0.717, 1.165) is 85.8 Å². The van der Waals surface area contributed by atoms with Gasteiger partial charge in [-0.2, -0.15) is 0 Å². The SMILES string of the molecule is O=Cc1cccc(Br)c1.O=c1cc(N2CCN(Cc3cccc(Br)c3)CC2)nc[nH]1.O=c1cc(N2CCNCC2)nc[nH]1. The molecule has 2 aliphatic rings. The molecule has 2 saturated heterocycles. The molecule has 0 bridgehead atoms. The molecule has 0 saturated carbocycles. The van der Waals surface area contributed by atoms with Gasteiger partial charge in [0.15, 0.2) is 0 Å². The molecule has 0 unspecified atom stereocenters. The van der Waals surface area contributed by atoms with Gasteiger partial charge < -0.3 is 25.1 Å². The fourth-order valence-corrected chi connectivity index (χ4v) is 5.43. The van der Waals surface area contributed by atoms with Crippen LogP contribution >= 0.6 is 31.9 Å². The second-order valence-corrected chi connectivity index (χ2v) is 11.7. The molecule has 226 valence electrons. The lowest BCUT2D eigenvalue weighted by molar-refractivity contribution is 0.112. The number of aldehydes is 1. The van der Waals surface area contributed by atoms with Crippen molar-refractivity contribution in [1.29, 1.82) is 0 Å². The first-order valence-corrected chi connectivity index (χ1v) is 15.5. The van der Waals surface area contributed by atoms with E-state index in [1.54, 1.807) is 18.2 Å². The summed E-state index contributed by atoms with van der Waals surface area (Å²) in [6, 6.07) is 18.7. The number of rotatable bonds is 5. The molecule has 0 spiro atoms. The first-order chi connectivity index (χ1) is 20.9. The summed E-state index contributed by atoms with van der Waals surface area (Å²) in [6.45, 7) is 8.42. The van der Waals surface area contributed by atoms with Gasteiger partial charge in [-0.15, -0.1) is 0 Å². The van der Waals surface area contributed by atoms with E-state index >= 15 is 0 Å². The Hall–Kier alpha value is -3.65. The highest BCUT2D eigenvalue weighted by atomic mass is 79.9. The van der Waals surface area contributed by atoms with Crippen molar-refractivity contribution in [1.82, 2.24) is 30.2 Å². The van der Waals surface area contributed by atoms with Crippen LogP contribution in [0, 0.1) is 0 Å². The highest BCUT2D eigenvalue weighted by Crippen LogP contribution is 2.16. The van der Waals surface area contributed by atoms with Crippen molar-refractivity contribution < 1.29 is 4.79 Å². The summed E-state index contributed by atoms with van der Waals surface area (Å²) in [5.41, 5.74) is 1.82. The average Bonchev–Trinajstić information content (AvgIpc) is 3.02. The number of nitrogens with one attached hydrogen (secondary N) is 3. The van der Waals surface area contributed by atoms with Gasteiger partial charge >= 0.3 is 0 Å². The van der Waals surface area contributed by atoms with Crippen molar-refractivity contribution in [3.63, 3.8) is 0 Å². The minimum atomic E-state index is -0.100. The van der Waals surface area contributed by atoms with Crippen LogP contribution in [0.15, 0.2) is 91.9 Å². The Bertz CT molecular complexity index is 1570. The number of aromatic nitrogens is 4. The molecule has 0 atom stereocenters. The molecule has 13 heteroatoms. The smallest absolute Gasteiger partial charge is 0.252 e. The second-order valence-electron chi connectivity index (χ2n) is 9.84. The normalized spacial score (nSPS) is 15.0. The lowest BCUT2D eigenvalue weighted by Gasteiger charge is -2.35. The van der Waals surface area contributed by atoms with Crippen LogP contribution in [-0.2, 0) is 6.54 Å². The standard InChI is InChI=1S/C15H17BrN4O.C8H12N4O.C7H5BrO/c16-13-3-1-2-12(8-13)10-19-4-6-20(7-5-19)14-9-15(21)18-11-17-14;13-8-5-7(10-6-11-8)12-3-1-9-2-4-12;8-7-3-1-2-6(4-7)5-9/h1-3,8-9,11H,4-7,10H2,(H,17,18,21);5-6,9H,1-4H2,(H,10,11,13);1-5H. The van der Waals surface area contributed by atoms with E-state index in [1.807, 2.05) is 18.2 Å². The first-order valence-electron chi connectivity index (χ1n) is 13.9. The van der Waals surface area contributed by atoms with Gasteiger partial charge in [0, 0.05) is 85.5 Å². The van der Waals surface area contributed by atoms with Crippen molar-refractivity contribution in [2.24, 2.45) is 0 Å². The predicted molar refractivity (Wildman–Crippen MR) is 176 cm³/mol. The number of piperazine rings is 2. The fraction of sp³-hybridized carbons (Fsp3) is 0.300. The van der Waals surface area contributed by atoms with E-state index in [2.05, 4.69) is 90.0 Å². The summed E-state index contributed by atoms with van der Waals surface area (Å²) in [6.07, 6.45) is 3.73. The van der Waals surface area contributed by atoms with Crippen LogP contribution in [0.25, 0.3) is 0 Å². The van der Waals surface area contributed by atoms with Crippen LogP contribution in [0.2, 0.25) is 0 Å². The number of aromatic amines is 2. The van der Waals surface area contributed by atoms with E-state index in [9.17, 15) is 14.4 Å². The Labute approximate surface area is 266 Å². The number of carbonyl (C=O) groups is 1. The number of halogens is 2. The molecule has 0 radical (unpaired) electrons. The van der Waals surface area contributed by atoms with Gasteiger partial charge in [-0.25, -0.2) is 9.97 Å². The second kappa shape index (κ2) is 16.8. The molecule has 2 aliphatic heterocycles. The van der Waals surface area contributed by atoms with E-state index in [4.69, 9.17) is 0 Å². The number of hydrogen-bond donors (Lipinski definition) is 3. The predicted octanol–water partition coefficient (Wildman–Crippen LogP) is 3.30. The molecule has 2 aromatic heterocycles. The zero-order valence-corrected chi connectivity index (χ0v) is 26.8. The monoisotopic (exact) mass is 712 g/mol. The summed E-state index contributed by atoms with van der Waals surface area (Å²) in [5, 5.41) is 3.24. The molecule has 11 nitrogen and oxygen atoms in total. The summed E-state index contributed by atoms with van der Waals surface area (Å²) >= 11 is 6.75. The highest BCUT2D eigenvalue weighted by molar-refractivity contribution is 9.10. The van der Waals surface area contributed by atoms with Gasteiger partial charge in [0.25, 0.3) is 11.1 Å². The highest BCUT2D eigenvalue weighted by Gasteiger charge is 2.18. The van der Waals surface area contributed by atoms with Crippen LogP contribution in [-0.4, -0.2) is 83.5 Å². The van der Waals surface area contributed by atoms with Crippen LogP contribution in [0.3, 0.4) is 0 Å². The molecular formula is C30H34Br2N8O3. The molecule has 4 heterocycles. The molecule has 2 fully saturated rings. The largest absolute Gasteiger partial charge is 0.354 e.